The minimum atomic E-state index is 0.398. The van der Waals surface area contributed by atoms with Gasteiger partial charge in [-0.05, 0) is 50.3 Å². The fraction of sp³-hybridized carbons (Fsp3) is 0.571. The molecule has 0 aliphatic heterocycles. The van der Waals surface area contributed by atoms with Gasteiger partial charge in [0.2, 0.25) is 0 Å². The van der Waals surface area contributed by atoms with E-state index in [1.54, 1.807) is 0 Å². The summed E-state index contributed by atoms with van der Waals surface area (Å²) in [7, 11) is 0. The Kier molecular flexibility index (Phi) is 4.43. The van der Waals surface area contributed by atoms with Crippen LogP contribution in [-0.4, -0.2) is 18.1 Å². The van der Waals surface area contributed by atoms with Gasteiger partial charge in [0.1, 0.15) is 0 Å². The molecular weight excluding hydrogens is 232 g/mol. The lowest BCUT2D eigenvalue weighted by Crippen LogP contribution is -2.37. The zero-order valence-corrected chi connectivity index (χ0v) is 11.1. The molecular formula is C14H21ClN2. The van der Waals surface area contributed by atoms with E-state index in [1.807, 2.05) is 12.1 Å². The Labute approximate surface area is 109 Å². The van der Waals surface area contributed by atoms with Gasteiger partial charge in [0.15, 0.2) is 0 Å². The molecule has 17 heavy (non-hydrogen) atoms. The second kappa shape index (κ2) is 5.85. The Morgan fingerprint density at radius 1 is 1.35 bits per heavy atom. The average molecular weight is 253 g/mol. The fourth-order valence-corrected chi connectivity index (χ4v) is 2.73. The molecule has 3 N–H and O–H groups in total. The third-order valence-electron chi connectivity index (χ3n) is 3.45. The highest BCUT2D eigenvalue weighted by Gasteiger charge is 2.22. The molecule has 1 aromatic carbocycles. The maximum atomic E-state index is 5.92. The highest BCUT2D eigenvalue weighted by molar-refractivity contribution is 6.30. The van der Waals surface area contributed by atoms with Crippen LogP contribution in [0.1, 0.15) is 31.7 Å². The van der Waals surface area contributed by atoms with E-state index in [-0.39, 0.29) is 0 Å². The number of halogens is 1. The molecule has 3 heteroatoms. The van der Waals surface area contributed by atoms with Crippen LogP contribution in [0.25, 0.3) is 0 Å². The summed E-state index contributed by atoms with van der Waals surface area (Å²) in [5.74, 6) is 0. The van der Waals surface area contributed by atoms with Crippen molar-refractivity contribution in [3.8, 4) is 0 Å². The molecule has 1 aliphatic rings. The molecule has 0 heterocycles. The predicted octanol–water partition coefficient (Wildman–Crippen LogP) is 2.74. The van der Waals surface area contributed by atoms with Gasteiger partial charge in [0, 0.05) is 23.1 Å². The van der Waals surface area contributed by atoms with Crippen LogP contribution in [0.2, 0.25) is 5.02 Å². The van der Waals surface area contributed by atoms with Gasteiger partial charge in [0.25, 0.3) is 0 Å². The number of hydrogen-bond acceptors (Lipinski definition) is 2. The second-order valence-electron chi connectivity index (χ2n) is 5.17. The van der Waals surface area contributed by atoms with Crippen molar-refractivity contribution < 1.29 is 0 Å². The first-order valence-electron chi connectivity index (χ1n) is 6.39. The minimum Gasteiger partial charge on any atom is -0.328 e. The molecule has 0 aromatic heterocycles. The lowest BCUT2D eigenvalue weighted by molar-refractivity contribution is 0.444. The summed E-state index contributed by atoms with van der Waals surface area (Å²) < 4.78 is 0. The molecule has 0 saturated heterocycles. The van der Waals surface area contributed by atoms with Crippen molar-refractivity contribution in [2.45, 2.75) is 50.7 Å². The van der Waals surface area contributed by atoms with Gasteiger partial charge in [-0.1, -0.05) is 23.7 Å². The third-order valence-corrected chi connectivity index (χ3v) is 3.70. The lowest BCUT2D eigenvalue weighted by atomic mass is 10.1. The van der Waals surface area contributed by atoms with Crippen LogP contribution in [0.3, 0.4) is 0 Å². The Morgan fingerprint density at radius 3 is 2.65 bits per heavy atom. The smallest absolute Gasteiger partial charge is 0.0406 e. The maximum absolute atomic E-state index is 5.92. The van der Waals surface area contributed by atoms with Crippen LogP contribution in [0, 0.1) is 0 Å². The first-order valence-corrected chi connectivity index (χ1v) is 6.77. The van der Waals surface area contributed by atoms with Gasteiger partial charge in [-0.2, -0.15) is 0 Å². The van der Waals surface area contributed by atoms with Gasteiger partial charge in [-0.3, -0.25) is 0 Å². The van der Waals surface area contributed by atoms with Crippen LogP contribution in [-0.2, 0) is 6.42 Å². The number of rotatable bonds is 4. The summed E-state index contributed by atoms with van der Waals surface area (Å²) in [5, 5.41) is 4.46. The summed E-state index contributed by atoms with van der Waals surface area (Å²) >= 11 is 5.87. The lowest BCUT2D eigenvalue weighted by Gasteiger charge is -2.19. The maximum Gasteiger partial charge on any atom is 0.0406 e. The summed E-state index contributed by atoms with van der Waals surface area (Å²) in [4.78, 5) is 0. The second-order valence-corrected chi connectivity index (χ2v) is 5.60. The molecule has 3 atom stereocenters. The Hall–Kier alpha value is -0.570. The Balaban J connectivity index is 1.80. The third kappa shape index (κ3) is 3.98. The Morgan fingerprint density at radius 2 is 2.06 bits per heavy atom. The van der Waals surface area contributed by atoms with Crippen LogP contribution < -0.4 is 11.1 Å². The molecule has 94 valence electrons. The molecule has 0 spiro atoms. The van der Waals surface area contributed by atoms with Gasteiger partial charge in [-0.25, -0.2) is 0 Å². The van der Waals surface area contributed by atoms with Crippen LogP contribution >= 0.6 is 11.6 Å². The van der Waals surface area contributed by atoms with E-state index < -0.39 is 0 Å². The summed E-state index contributed by atoms with van der Waals surface area (Å²) in [6, 6.07) is 9.60. The van der Waals surface area contributed by atoms with Crippen LogP contribution in [0.15, 0.2) is 24.3 Å². The molecule has 1 aliphatic carbocycles. The monoisotopic (exact) mass is 252 g/mol. The van der Waals surface area contributed by atoms with E-state index in [0.717, 1.165) is 24.3 Å². The molecule has 0 bridgehead atoms. The van der Waals surface area contributed by atoms with Gasteiger partial charge in [-0.15, -0.1) is 0 Å². The van der Waals surface area contributed by atoms with Crippen molar-refractivity contribution in [3.63, 3.8) is 0 Å². The predicted molar refractivity (Wildman–Crippen MR) is 73.4 cm³/mol. The van der Waals surface area contributed by atoms with Crippen molar-refractivity contribution in [3.05, 3.63) is 34.9 Å². The van der Waals surface area contributed by atoms with E-state index in [2.05, 4.69) is 24.4 Å². The summed E-state index contributed by atoms with van der Waals surface area (Å²) in [6.07, 6.45) is 4.53. The molecule has 2 nitrogen and oxygen atoms in total. The van der Waals surface area contributed by atoms with E-state index in [1.165, 1.54) is 12.0 Å². The van der Waals surface area contributed by atoms with Crippen molar-refractivity contribution in [1.82, 2.24) is 5.32 Å². The summed E-state index contributed by atoms with van der Waals surface area (Å²) in [6.45, 7) is 2.23. The van der Waals surface area contributed by atoms with E-state index in [0.29, 0.717) is 18.1 Å². The molecule has 1 fully saturated rings. The molecule has 0 radical (unpaired) electrons. The zero-order chi connectivity index (χ0) is 12.3. The first-order chi connectivity index (χ1) is 8.13. The quantitative estimate of drug-likeness (QED) is 0.865. The molecule has 3 unspecified atom stereocenters. The fourth-order valence-electron chi connectivity index (χ4n) is 2.60. The van der Waals surface area contributed by atoms with Crippen molar-refractivity contribution in [2.75, 3.05) is 0 Å². The normalized spacial score (nSPS) is 26.1. The topological polar surface area (TPSA) is 38.0 Å². The zero-order valence-electron chi connectivity index (χ0n) is 10.3. The standard InChI is InChI=1S/C14H21ClN2/c1-10(17-14-7-6-13(16)9-14)8-11-2-4-12(15)5-3-11/h2-5,10,13-14,17H,6-9,16H2,1H3. The SMILES string of the molecule is CC(Cc1ccc(Cl)cc1)NC1CCC(N)C1. The van der Waals surface area contributed by atoms with Gasteiger partial charge < -0.3 is 11.1 Å². The molecule has 0 amide bonds. The average Bonchev–Trinajstić information content (AvgIpc) is 2.67. The van der Waals surface area contributed by atoms with Crippen LogP contribution in [0.4, 0.5) is 0 Å². The minimum absolute atomic E-state index is 0.398. The van der Waals surface area contributed by atoms with Crippen molar-refractivity contribution >= 4 is 11.6 Å². The number of benzene rings is 1. The number of nitrogens with one attached hydrogen (secondary N) is 1. The van der Waals surface area contributed by atoms with Crippen molar-refractivity contribution in [1.29, 1.82) is 0 Å². The highest BCUT2D eigenvalue weighted by Crippen LogP contribution is 2.18. The van der Waals surface area contributed by atoms with Crippen LogP contribution in [0.5, 0.6) is 0 Å². The highest BCUT2D eigenvalue weighted by atomic mass is 35.5. The largest absolute Gasteiger partial charge is 0.328 e. The molecule has 1 saturated carbocycles. The van der Waals surface area contributed by atoms with Crippen molar-refractivity contribution in [2.24, 2.45) is 5.73 Å². The van der Waals surface area contributed by atoms with E-state index >= 15 is 0 Å². The molecule has 2 rings (SSSR count). The van der Waals surface area contributed by atoms with E-state index in [4.69, 9.17) is 17.3 Å². The molecule has 1 aromatic rings. The van der Waals surface area contributed by atoms with E-state index in [9.17, 15) is 0 Å². The number of hydrogen-bond donors (Lipinski definition) is 2. The van der Waals surface area contributed by atoms with Gasteiger partial charge in [0.05, 0.1) is 0 Å². The first kappa shape index (κ1) is 12.9. The Bertz CT molecular complexity index is 350. The van der Waals surface area contributed by atoms with Gasteiger partial charge >= 0.3 is 0 Å². The number of nitrogens with two attached hydrogens (primary N) is 1. The summed E-state index contributed by atoms with van der Waals surface area (Å²) in [5.41, 5.74) is 7.25.